The average molecular weight is 527 g/mol. The lowest BCUT2D eigenvalue weighted by atomic mass is 10.1. The highest BCUT2D eigenvalue weighted by Crippen LogP contribution is 2.12. The SMILES string of the molecule is CCNC(=NCc1ccccc1Cn1cccn1)NCCCOC1CCOCC1.I. The molecule has 0 saturated carbocycles. The summed E-state index contributed by atoms with van der Waals surface area (Å²) >= 11 is 0. The Morgan fingerprint density at radius 2 is 2.00 bits per heavy atom. The van der Waals surface area contributed by atoms with Crippen molar-refractivity contribution in [3.05, 3.63) is 53.9 Å². The summed E-state index contributed by atoms with van der Waals surface area (Å²) in [5.74, 6) is 0.840. The van der Waals surface area contributed by atoms with Gasteiger partial charge in [0.05, 0.1) is 19.2 Å². The van der Waals surface area contributed by atoms with Gasteiger partial charge in [0.2, 0.25) is 0 Å². The van der Waals surface area contributed by atoms with Gasteiger partial charge in [-0.25, -0.2) is 4.99 Å². The number of benzene rings is 1. The molecule has 30 heavy (non-hydrogen) atoms. The van der Waals surface area contributed by atoms with Crippen LogP contribution in [0.15, 0.2) is 47.7 Å². The summed E-state index contributed by atoms with van der Waals surface area (Å²) < 4.78 is 13.2. The zero-order valence-electron chi connectivity index (χ0n) is 17.8. The van der Waals surface area contributed by atoms with Crippen molar-refractivity contribution in [2.24, 2.45) is 4.99 Å². The van der Waals surface area contributed by atoms with E-state index in [1.165, 1.54) is 11.1 Å². The summed E-state index contributed by atoms with van der Waals surface area (Å²) in [5.41, 5.74) is 2.45. The van der Waals surface area contributed by atoms with E-state index in [2.05, 4.69) is 46.9 Å². The Hall–Kier alpha value is -1.65. The molecule has 0 bridgehead atoms. The lowest BCUT2D eigenvalue weighted by molar-refractivity contribution is -0.0320. The number of hydrogen-bond acceptors (Lipinski definition) is 4. The molecule has 1 aliphatic rings. The lowest BCUT2D eigenvalue weighted by Crippen LogP contribution is -2.38. The molecule has 2 aromatic rings. The van der Waals surface area contributed by atoms with Crippen molar-refractivity contribution >= 4 is 29.9 Å². The van der Waals surface area contributed by atoms with Crippen molar-refractivity contribution in [1.29, 1.82) is 0 Å². The van der Waals surface area contributed by atoms with Crippen molar-refractivity contribution in [3.8, 4) is 0 Å². The van der Waals surface area contributed by atoms with E-state index in [0.29, 0.717) is 12.6 Å². The summed E-state index contributed by atoms with van der Waals surface area (Å²) in [6.07, 6.45) is 7.12. The molecule has 2 heterocycles. The quantitative estimate of drug-likeness (QED) is 0.215. The van der Waals surface area contributed by atoms with E-state index in [4.69, 9.17) is 14.5 Å². The maximum absolute atomic E-state index is 5.93. The first-order valence-corrected chi connectivity index (χ1v) is 10.6. The fourth-order valence-electron chi connectivity index (χ4n) is 3.31. The molecule has 0 unspecified atom stereocenters. The number of nitrogens with zero attached hydrogens (tertiary/aromatic N) is 3. The molecule has 0 radical (unpaired) electrons. The second kappa shape index (κ2) is 14.4. The summed E-state index contributed by atoms with van der Waals surface area (Å²) in [7, 11) is 0. The topological polar surface area (TPSA) is 72.7 Å². The molecule has 0 amide bonds. The lowest BCUT2D eigenvalue weighted by Gasteiger charge is -2.22. The molecule has 1 aromatic carbocycles. The molecule has 1 aliphatic heterocycles. The first kappa shape index (κ1) is 24.6. The van der Waals surface area contributed by atoms with E-state index >= 15 is 0 Å². The van der Waals surface area contributed by atoms with Gasteiger partial charge < -0.3 is 20.1 Å². The van der Waals surface area contributed by atoms with Crippen LogP contribution in [0.1, 0.15) is 37.3 Å². The average Bonchev–Trinajstić information content (AvgIpc) is 3.26. The third-order valence-electron chi connectivity index (χ3n) is 4.90. The summed E-state index contributed by atoms with van der Waals surface area (Å²) in [5, 5.41) is 11.0. The van der Waals surface area contributed by atoms with Gasteiger partial charge in [0.15, 0.2) is 5.96 Å². The van der Waals surface area contributed by atoms with Gasteiger partial charge in [-0.1, -0.05) is 24.3 Å². The van der Waals surface area contributed by atoms with Gasteiger partial charge >= 0.3 is 0 Å². The van der Waals surface area contributed by atoms with Gasteiger partial charge in [-0.05, 0) is 43.4 Å². The van der Waals surface area contributed by atoms with E-state index in [1.54, 1.807) is 6.20 Å². The molecule has 3 rings (SSSR count). The Morgan fingerprint density at radius 1 is 1.20 bits per heavy atom. The maximum atomic E-state index is 5.93. The highest BCUT2D eigenvalue weighted by atomic mass is 127. The van der Waals surface area contributed by atoms with Crippen molar-refractivity contribution in [3.63, 3.8) is 0 Å². The molecule has 1 saturated heterocycles. The van der Waals surface area contributed by atoms with E-state index in [-0.39, 0.29) is 24.0 Å². The maximum Gasteiger partial charge on any atom is 0.191 e. The van der Waals surface area contributed by atoms with Gasteiger partial charge in [-0.15, -0.1) is 24.0 Å². The van der Waals surface area contributed by atoms with Crippen molar-refractivity contribution in [2.75, 3.05) is 32.9 Å². The third-order valence-corrected chi connectivity index (χ3v) is 4.90. The van der Waals surface area contributed by atoms with Gasteiger partial charge in [0, 0.05) is 45.3 Å². The summed E-state index contributed by atoms with van der Waals surface area (Å²) in [6.45, 7) is 7.55. The molecule has 7 nitrogen and oxygen atoms in total. The third kappa shape index (κ3) is 8.61. The fraction of sp³-hybridized carbons (Fsp3) is 0.545. The number of guanidine groups is 1. The minimum atomic E-state index is 0. The van der Waals surface area contributed by atoms with Crippen molar-refractivity contribution < 1.29 is 9.47 Å². The molecule has 1 aromatic heterocycles. The van der Waals surface area contributed by atoms with Crippen LogP contribution in [-0.4, -0.2) is 54.8 Å². The van der Waals surface area contributed by atoms with E-state index in [9.17, 15) is 0 Å². The first-order valence-electron chi connectivity index (χ1n) is 10.6. The van der Waals surface area contributed by atoms with E-state index in [0.717, 1.165) is 64.7 Å². The minimum absolute atomic E-state index is 0. The van der Waals surface area contributed by atoms with Crippen LogP contribution in [0.2, 0.25) is 0 Å². The van der Waals surface area contributed by atoms with Gasteiger partial charge in [-0.2, -0.15) is 5.10 Å². The molecule has 166 valence electrons. The zero-order chi connectivity index (χ0) is 20.2. The number of halogens is 1. The number of ether oxygens (including phenoxy) is 2. The van der Waals surface area contributed by atoms with Gasteiger partial charge in [0.25, 0.3) is 0 Å². The molecular weight excluding hydrogens is 493 g/mol. The van der Waals surface area contributed by atoms with Crippen LogP contribution >= 0.6 is 24.0 Å². The van der Waals surface area contributed by atoms with Gasteiger partial charge in [0.1, 0.15) is 0 Å². The van der Waals surface area contributed by atoms with Crippen LogP contribution in [0, 0.1) is 0 Å². The van der Waals surface area contributed by atoms with Crippen LogP contribution in [0.3, 0.4) is 0 Å². The molecule has 1 fully saturated rings. The summed E-state index contributed by atoms with van der Waals surface area (Å²) in [4.78, 5) is 4.77. The van der Waals surface area contributed by atoms with Crippen molar-refractivity contribution in [2.45, 2.75) is 45.4 Å². The van der Waals surface area contributed by atoms with Crippen LogP contribution in [0.25, 0.3) is 0 Å². The number of aliphatic imine (C=N–C) groups is 1. The van der Waals surface area contributed by atoms with Crippen LogP contribution < -0.4 is 10.6 Å². The van der Waals surface area contributed by atoms with Crippen molar-refractivity contribution in [1.82, 2.24) is 20.4 Å². The molecule has 2 N–H and O–H groups in total. The van der Waals surface area contributed by atoms with Crippen LogP contribution in [0.5, 0.6) is 0 Å². The Bertz CT molecular complexity index is 733. The van der Waals surface area contributed by atoms with Crippen LogP contribution in [0.4, 0.5) is 0 Å². The molecule has 0 spiro atoms. The second-order valence-corrected chi connectivity index (χ2v) is 7.13. The zero-order valence-corrected chi connectivity index (χ0v) is 20.1. The normalized spacial score (nSPS) is 14.9. The fourth-order valence-corrected chi connectivity index (χ4v) is 3.31. The molecule has 8 heteroatoms. The largest absolute Gasteiger partial charge is 0.381 e. The van der Waals surface area contributed by atoms with Crippen LogP contribution in [-0.2, 0) is 22.6 Å². The second-order valence-electron chi connectivity index (χ2n) is 7.13. The smallest absolute Gasteiger partial charge is 0.191 e. The molecular formula is C22H34IN5O2. The number of hydrogen-bond donors (Lipinski definition) is 2. The van der Waals surface area contributed by atoms with E-state index in [1.807, 2.05) is 16.9 Å². The number of rotatable bonds is 10. The number of nitrogens with one attached hydrogen (secondary N) is 2. The standard InChI is InChI=1S/C22H33N5O2.HI/c1-2-23-22(24-11-6-14-29-21-9-15-28-16-10-21)25-17-19-7-3-4-8-20(19)18-27-13-5-12-26-27;/h3-5,7-8,12-13,21H,2,6,9-11,14-18H2,1H3,(H2,23,24,25);1H. The highest BCUT2D eigenvalue weighted by Gasteiger charge is 2.13. The number of aromatic nitrogens is 2. The minimum Gasteiger partial charge on any atom is -0.381 e. The summed E-state index contributed by atoms with van der Waals surface area (Å²) in [6, 6.07) is 10.3. The Morgan fingerprint density at radius 3 is 2.73 bits per heavy atom. The predicted octanol–water partition coefficient (Wildman–Crippen LogP) is 3.19. The van der Waals surface area contributed by atoms with Gasteiger partial charge in [-0.3, -0.25) is 4.68 Å². The monoisotopic (exact) mass is 527 g/mol. The molecule has 0 aliphatic carbocycles. The van der Waals surface area contributed by atoms with E-state index < -0.39 is 0 Å². The Labute approximate surface area is 196 Å². The highest BCUT2D eigenvalue weighted by molar-refractivity contribution is 14.0. The Kier molecular flexibility index (Phi) is 11.8. The Balaban J connectivity index is 0.00000320. The molecule has 0 atom stereocenters. The first-order chi connectivity index (χ1) is 14.3. The predicted molar refractivity (Wildman–Crippen MR) is 130 cm³/mol.